The van der Waals surface area contributed by atoms with Crippen molar-refractivity contribution in [2.24, 2.45) is 0 Å². The molecule has 4 N–H and O–H groups in total. The number of carbonyl (C=O) groups excluding carboxylic acids is 1. The Hall–Kier alpha value is -1.96. The molecule has 0 aromatic heterocycles. The van der Waals surface area contributed by atoms with Gasteiger partial charge in [-0.3, -0.25) is 4.79 Å². The number of fused-ring (bicyclic) bond motifs is 1. The van der Waals surface area contributed by atoms with Crippen molar-refractivity contribution >= 4 is 32.8 Å². The summed E-state index contributed by atoms with van der Waals surface area (Å²) in [7, 11) is -3.03. The monoisotopic (exact) mass is 285 g/mol. The maximum absolute atomic E-state index is 11.2. The van der Waals surface area contributed by atoms with Gasteiger partial charge in [0.25, 0.3) is 5.91 Å². The number of hydrogen-bond donors (Lipinski definition) is 3. The smallest absolute Gasteiger partial charge is 0.262 e. The summed E-state index contributed by atoms with van der Waals surface area (Å²) in [5.74, 6) is 0.275. The molecule has 1 aromatic carbocycles. The second-order valence-electron chi connectivity index (χ2n) is 4.33. The summed E-state index contributed by atoms with van der Waals surface area (Å²) in [6, 6.07) is 3.22. The van der Waals surface area contributed by atoms with Crippen LogP contribution in [0.15, 0.2) is 12.1 Å². The zero-order valence-corrected chi connectivity index (χ0v) is 11.2. The third-order valence-corrected chi connectivity index (χ3v) is 3.52. The van der Waals surface area contributed by atoms with Crippen molar-refractivity contribution in [3.8, 4) is 5.75 Å². The van der Waals surface area contributed by atoms with Crippen LogP contribution < -0.4 is 21.1 Å². The van der Waals surface area contributed by atoms with Crippen molar-refractivity contribution in [3.63, 3.8) is 0 Å². The number of nitrogens with two attached hydrogens (primary N) is 1. The van der Waals surface area contributed by atoms with Crippen LogP contribution in [0.25, 0.3) is 0 Å². The molecule has 1 aromatic rings. The Balaban J connectivity index is 2.13. The molecule has 1 aliphatic heterocycles. The molecule has 0 atom stereocenters. The van der Waals surface area contributed by atoms with E-state index in [2.05, 4.69) is 10.6 Å². The first-order chi connectivity index (χ1) is 8.85. The molecule has 0 aliphatic carbocycles. The van der Waals surface area contributed by atoms with Crippen LogP contribution in [0.5, 0.6) is 5.75 Å². The molecule has 104 valence electrons. The SMILES string of the molecule is CS(=O)(=O)CCNc1cc2c(cc1N)OCC(=O)N2. The van der Waals surface area contributed by atoms with Crippen LogP contribution in [0.2, 0.25) is 0 Å². The van der Waals surface area contributed by atoms with Gasteiger partial charge in [-0.2, -0.15) is 0 Å². The lowest BCUT2D eigenvalue weighted by Gasteiger charge is -2.20. The first-order valence-corrected chi connectivity index (χ1v) is 7.69. The molecule has 0 saturated carbocycles. The summed E-state index contributed by atoms with van der Waals surface area (Å²) >= 11 is 0. The van der Waals surface area contributed by atoms with Crippen molar-refractivity contribution in [3.05, 3.63) is 12.1 Å². The Labute approximate surface area is 111 Å². The quantitative estimate of drug-likeness (QED) is 0.674. The van der Waals surface area contributed by atoms with Gasteiger partial charge in [0.05, 0.1) is 22.8 Å². The highest BCUT2D eigenvalue weighted by Crippen LogP contribution is 2.34. The van der Waals surface area contributed by atoms with Gasteiger partial charge >= 0.3 is 0 Å². The minimum Gasteiger partial charge on any atom is -0.482 e. The number of ether oxygens (including phenoxy) is 1. The Bertz CT molecular complexity index is 613. The van der Waals surface area contributed by atoms with Gasteiger partial charge in [0, 0.05) is 18.9 Å². The number of benzene rings is 1. The fraction of sp³-hybridized carbons (Fsp3) is 0.364. The fourth-order valence-corrected chi connectivity index (χ4v) is 2.14. The zero-order chi connectivity index (χ0) is 14.0. The van der Waals surface area contributed by atoms with E-state index in [9.17, 15) is 13.2 Å². The van der Waals surface area contributed by atoms with E-state index in [1.807, 2.05) is 0 Å². The second-order valence-corrected chi connectivity index (χ2v) is 6.59. The fourth-order valence-electron chi connectivity index (χ4n) is 1.67. The van der Waals surface area contributed by atoms with Crippen molar-refractivity contribution < 1.29 is 17.9 Å². The third kappa shape index (κ3) is 3.50. The number of amides is 1. The van der Waals surface area contributed by atoms with E-state index < -0.39 is 9.84 Å². The van der Waals surface area contributed by atoms with Crippen LogP contribution >= 0.6 is 0 Å². The van der Waals surface area contributed by atoms with Gasteiger partial charge < -0.3 is 21.1 Å². The zero-order valence-electron chi connectivity index (χ0n) is 10.4. The summed E-state index contributed by atoms with van der Waals surface area (Å²) in [6.07, 6.45) is 1.17. The summed E-state index contributed by atoms with van der Waals surface area (Å²) < 4.78 is 27.3. The lowest BCUT2D eigenvalue weighted by molar-refractivity contribution is -0.118. The maximum atomic E-state index is 11.2. The van der Waals surface area contributed by atoms with Gasteiger partial charge in [-0.05, 0) is 6.07 Å². The topological polar surface area (TPSA) is 111 Å². The Morgan fingerprint density at radius 2 is 2.21 bits per heavy atom. The molecule has 1 aliphatic rings. The number of anilines is 3. The van der Waals surface area contributed by atoms with Gasteiger partial charge in [-0.1, -0.05) is 0 Å². The first kappa shape index (κ1) is 13.5. The number of rotatable bonds is 4. The largest absolute Gasteiger partial charge is 0.482 e. The van der Waals surface area contributed by atoms with E-state index in [1.165, 1.54) is 6.26 Å². The minimum absolute atomic E-state index is 0.00633. The number of nitrogen functional groups attached to an aromatic ring is 1. The second kappa shape index (κ2) is 4.96. The third-order valence-electron chi connectivity index (χ3n) is 2.57. The molecule has 0 saturated heterocycles. The molecule has 0 bridgehead atoms. The lowest BCUT2D eigenvalue weighted by Crippen LogP contribution is -2.25. The summed E-state index contributed by atoms with van der Waals surface area (Å²) in [5.41, 5.74) is 7.34. The summed E-state index contributed by atoms with van der Waals surface area (Å²) in [6.45, 7) is 0.212. The molecule has 1 amide bonds. The minimum atomic E-state index is -3.03. The molecule has 2 rings (SSSR count). The average Bonchev–Trinajstić information content (AvgIpc) is 2.29. The average molecular weight is 285 g/mol. The van der Waals surface area contributed by atoms with Crippen LogP contribution in [0.3, 0.4) is 0 Å². The highest BCUT2D eigenvalue weighted by Gasteiger charge is 2.17. The van der Waals surface area contributed by atoms with E-state index in [0.717, 1.165) is 0 Å². The van der Waals surface area contributed by atoms with Gasteiger partial charge in [-0.15, -0.1) is 0 Å². The van der Waals surface area contributed by atoms with E-state index in [1.54, 1.807) is 12.1 Å². The van der Waals surface area contributed by atoms with Crippen LogP contribution in [0, 0.1) is 0 Å². The van der Waals surface area contributed by atoms with Gasteiger partial charge in [-0.25, -0.2) is 8.42 Å². The molecule has 0 unspecified atom stereocenters. The maximum Gasteiger partial charge on any atom is 0.262 e. The first-order valence-electron chi connectivity index (χ1n) is 5.63. The molecule has 8 heteroatoms. The predicted octanol–water partition coefficient (Wildman–Crippen LogP) is 0.0562. The van der Waals surface area contributed by atoms with Crippen LogP contribution in [0.4, 0.5) is 17.1 Å². The highest BCUT2D eigenvalue weighted by atomic mass is 32.2. The van der Waals surface area contributed by atoms with Crippen LogP contribution in [0.1, 0.15) is 0 Å². The molecule has 0 fully saturated rings. The molecule has 7 nitrogen and oxygen atoms in total. The lowest BCUT2D eigenvalue weighted by atomic mass is 10.2. The van der Waals surface area contributed by atoms with E-state index >= 15 is 0 Å². The summed E-state index contributed by atoms with van der Waals surface area (Å²) in [5, 5.41) is 5.58. The Morgan fingerprint density at radius 3 is 2.89 bits per heavy atom. The van der Waals surface area contributed by atoms with Crippen LogP contribution in [-0.2, 0) is 14.6 Å². The van der Waals surface area contributed by atoms with E-state index in [4.69, 9.17) is 10.5 Å². The number of nitrogens with one attached hydrogen (secondary N) is 2. The van der Waals surface area contributed by atoms with Gasteiger partial charge in [0.2, 0.25) is 0 Å². The predicted molar refractivity (Wildman–Crippen MR) is 73.2 cm³/mol. The van der Waals surface area contributed by atoms with Crippen LogP contribution in [-0.4, -0.2) is 39.5 Å². The van der Waals surface area contributed by atoms with E-state index in [-0.39, 0.29) is 24.8 Å². The number of sulfone groups is 1. The Morgan fingerprint density at radius 1 is 1.47 bits per heavy atom. The molecule has 0 radical (unpaired) electrons. The van der Waals surface area contributed by atoms with Crippen molar-refractivity contribution in [1.82, 2.24) is 0 Å². The van der Waals surface area contributed by atoms with Crippen molar-refractivity contribution in [2.75, 3.05) is 41.5 Å². The van der Waals surface area contributed by atoms with Gasteiger partial charge in [0.15, 0.2) is 6.61 Å². The summed E-state index contributed by atoms with van der Waals surface area (Å²) in [4.78, 5) is 11.2. The van der Waals surface area contributed by atoms with Gasteiger partial charge in [0.1, 0.15) is 15.6 Å². The molecular weight excluding hydrogens is 270 g/mol. The molecule has 19 heavy (non-hydrogen) atoms. The Kier molecular flexibility index (Phi) is 3.52. The normalized spacial score (nSPS) is 14.3. The van der Waals surface area contributed by atoms with Crippen molar-refractivity contribution in [2.45, 2.75) is 0 Å². The molecule has 0 spiro atoms. The standard InChI is InChI=1S/C11H15N3O4S/c1-19(16,17)3-2-13-8-5-9-10(4-7(8)12)18-6-11(15)14-9/h4-5,13H,2-3,6,12H2,1H3,(H,14,15). The van der Waals surface area contributed by atoms with Crippen molar-refractivity contribution in [1.29, 1.82) is 0 Å². The number of hydrogen-bond acceptors (Lipinski definition) is 6. The molecular formula is C11H15N3O4S. The number of carbonyl (C=O) groups is 1. The van der Waals surface area contributed by atoms with E-state index in [0.29, 0.717) is 22.8 Å². The molecule has 1 heterocycles. The highest BCUT2D eigenvalue weighted by molar-refractivity contribution is 7.90.